The van der Waals surface area contributed by atoms with Gasteiger partial charge in [0.05, 0.1) is 22.8 Å². The van der Waals surface area contributed by atoms with Crippen LogP contribution in [0.1, 0.15) is 5.56 Å². The van der Waals surface area contributed by atoms with Crippen LogP contribution in [0.3, 0.4) is 0 Å². The zero-order valence-electron chi connectivity index (χ0n) is 17.8. The molecule has 1 aromatic heterocycles. The molecule has 0 fully saturated rings. The molecule has 34 heavy (non-hydrogen) atoms. The van der Waals surface area contributed by atoms with Crippen molar-refractivity contribution in [3.05, 3.63) is 90.2 Å². The molecule has 0 saturated carbocycles. The van der Waals surface area contributed by atoms with Crippen molar-refractivity contribution in [1.29, 1.82) is 0 Å². The number of hydrogen-bond donors (Lipinski definition) is 2. The molecule has 0 spiro atoms. The summed E-state index contributed by atoms with van der Waals surface area (Å²) >= 11 is 1.16. The lowest BCUT2D eigenvalue weighted by molar-refractivity contribution is -0.113. The summed E-state index contributed by atoms with van der Waals surface area (Å²) in [6, 6.07) is 21.5. The van der Waals surface area contributed by atoms with E-state index in [0.29, 0.717) is 28.8 Å². The number of amides is 1. The molecule has 3 N–H and O–H groups in total. The molecule has 4 aromatic rings. The highest BCUT2D eigenvalue weighted by molar-refractivity contribution is 7.99. The molecule has 0 radical (unpaired) electrons. The topological polar surface area (TPSA) is 120 Å². The van der Waals surface area contributed by atoms with E-state index in [9.17, 15) is 17.6 Å². The number of halogens is 1. The van der Waals surface area contributed by atoms with Crippen molar-refractivity contribution < 1.29 is 17.6 Å². The first-order chi connectivity index (χ1) is 16.3. The summed E-state index contributed by atoms with van der Waals surface area (Å²) in [5.74, 6) is -0.360. The second-order valence-corrected chi connectivity index (χ2v) is 9.77. The molecule has 1 heterocycles. The molecule has 0 aliphatic rings. The lowest BCUT2D eigenvalue weighted by Crippen LogP contribution is -2.15. The number of hydrogen-bond acceptors (Lipinski definition) is 6. The van der Waals surface area contributed by atoms with E-state index >= 15 is 0 Å². The summed E-state index contributed by atoms with van der Waals surface area (Å²) in [7, 11) is -3.81. The van der Waals surface area contributed by atoms with E-state index in [-0.39, 0.29) is 16.6 Å². The van der Waals surface area contributed by atoms with E-state index < -0.39 is 15.8 Å². The molecule has 0 aliphatic carbocycles. The Morgan fingerprint density at radius 3 is 2.32 bits per heavy atom. The van der Waals surface area contributed by atoms with Crippen molar-refractivity contribution >= 4 is 33.4 Å². The molecular weight excluding hydrogens is 477 g/mol. The van der Waals surface area contributed by atoms with Crippen LogP contribution in [0.2, 0.25) is 0 Å². The van der Waals surface area contributed by atoms with Gasteiger partial charge in [0.25, 0.3) is 0 Å². The fraction of sp³-hybridized carbons (Fsp3) is 0.0870. The van der Waals surface area contributed by atoms with E-state index in [4.69, 9.17) is 5.14 Å². The van der Waals surface area contributed by atoms with Crippen LogP contribution in [0.4, 0.5) is 10.1 Å². The number of carbonyl (C=O) groups excluding carboxylic acids is 1. The van der Waals surface area contributed by atoms with E-state index in [1.54, 1.807) is 22.8 Å². The monoisotopic (exact) mass is 497 g/mol. The maximum atomic E-state index is 14.5. The predicted octanol–water partition coefficient (Wildman–Crippen LogP) is 3.51. The molecule has 0 aliphatic heterocycles. The molecular formula is C23H20FN5O3S2. The molecule has 0 bridgehead atoms. The van der Waals surface area contributed by atoms with Crippen LogP contribution in [0.5, 0.6) is 0 Å². The van der Waals surface area contributed by atoms with Gasteiger partial charge in [-0.2, -0.15) is 0 Å². The minimum absolute atomic E-state index is 0.0150. The number of nitrogens with one attached hydrogen (secondary N) is 1. The summed E-state index contributed by atoms with van der Waals surface area (Å²) in [5.41, 5.74) is 1.72. The number of rotatable bonds is 8. The molecule has 0 unspecified atom stereocenters. The number of aromatic nitrogens is 3. The number of primary sulfonamides is 1. The average molecular weight is 498 g/mol. The minimum Gasteiger partial charge on any atom is -0.325 e. The number of nitrogens with zero attached hydrogens (tertiary/aromatic N) is 3. The molecule has 4 rings (SSSR count). The minimum atomic E-state index is -3.81. The van der Waals surface area contributed by atoms with Gasteiger partial charge in [0, 0.05) is 5.69 Å². The molecule has 8 nitrogen and oxygen atoms in total. The molecule has 0 atom stereocenters. The van der Waals surface area contributed by atoms with Crippen LogP contribution >= 0.6 is 11.8 Å². The number of thioether (sulfide) groups is 1. The van der Waals surface area contributed by atoms with Gasteiger partial charge in [-0.1, -0.05) is 54.2 Å². The van der Waals surface area contributed by atoms with Crippen molar-refractivity contribution in [2.45, 2.75) is 16.6 Å². The number of nitrogens with two attached hydrogens (primary N) is 1. The summed E-state index contributed by atoms with van der Waals surface area (Å²) in [4.78, 5) is 12.4. The number of carbonyl (C=O) groups is 1. The van der Waals surface area contributed by atoms with Gasteiger partial charge < -0.3 is 5.32 Å². The third-order valence-electron chi connectivity index (χ3n) is 4.81. The largest absolute Gasteiger partial charge is 0.325 e. The lowest BCUT2D eigenvalue weighted by atomic mass is 10.2. The van der Waals surface area contributed by atoms with E-state index in [1.165, 1.54) is 30.3 Å². The maximum Gasteiger partial charge on any atom is 0.238 e. The van der Waals surface area contributed by atoms with E-state index in [0.717, 1.165) is 17.3 Å². The highest BCUT2D eigenvalue weighted by atomic mass is 32.2. The number of benzene rings is 3. The standard InChI is InChI=1S/C23H20FN5O3S2/c24-20-9-5-4-8-19(20)22-27-28-23(29(22)14-16-6-2-1-3-7-16)33-15-21(30)26-17-10-12-18(13-11-17)34(25,31)32/h1-13H,14-15H2,(H,26,30)(H2,25,31,32). The van der Waals surface area contributed by atoms with Gasteiger partial charge in [-0.25, -0.2) is 17.9 Å². The third kappa shape index (κ3) is 5.68. The molecule has 0 saturated heterocycles. The van der Waals surface area contributed by atoms with E-state index in [1.807, 2.05) is 30.3 Å². The number of sulfonamides is 1. The Balaban J connectivity index is 1.52. The van der Waals surface area contributed by atoms with Gasteiger partial charge in [-0.05, 0) is 42.0 Å². The van der Waals surface area contributed by atoms with Crippen molar-refractivity contribution in [2.75, 3.05) is 11.1 Å². The average Bonchev–Trinajstić information content (AvgIpc) is 3.20. The second-order valence-electron chi connectivity index (χ2n) is 7.26. The fourth-order valence-electron chi connectivity index (χ4n) is 3.20. The summed E-state index contributed by atoms with van der Waals surface area (Å²) in [6.07, 6.45) is 0. The van der Waals surface area contributed by atoms with Gasteiger partial charge in [0.15, 0.2) is 11.0 Å². The van der Waals surface area contributed by atoms with Crippen molar-refractivity contribution in [3.63, 3.8) is 0 Å². The first-order valence-electron chi connectivity index (χ1n) is 10.1. The SMILES string of the molecule is NS(=O)(=O)c1ccc(NC(=O)CSc2nnc(-c3ccccc3F)n2Cc2ccccc2)cc1. The Hall–Kier alpha value is -3.54. The first-order valence-corrected chi connectivity index (χ1v) is 12.6. The molecule has 1 amide bonds. The van der Waals surface area contributed by atoms with Crippen LogP contribution in [-0.4, -0.2) is 34.8 Å². The van der Waals surface area contributed by atoms with E-state index in [2.05, 4.69) is 15.5 Å². The van der Waals surface area contributed by atoms with Crippen molar-refractivity contribution in [2.24, 2.45) is 5.14 Å². The fourth-order valence-corrected chi connectivity index (χ4v) is 4.45. The molecule has 11 heteroatoms. The van der Waals surface area contributed by atoms with Gasteiger partial charge in [-0.15, -0.1) is 10.2 Å². The highest BCUT2D eigenvalue weighted by Crippen LogP contribution is 2.27. The van der Waals surface area contributed by atoms with Gasteiger partial charge in [0.1, 0.15) is 5.82 Å². The number of anilines is 1. The van der Waals surface area contributed by atoms with Crippen LogP contribution in [0, 0.1) is 5.82 Å². The lowest BCUT2D eigenvalue weighted by Gasteiger charge is -2.11. The molecule has 3 aromatic carbocycles. The van der Waals surface area contributed by atoms with Crippen LogP contribution in [0.15, 0.2) is 88.9 Å². The Kier molecular flexibility index (Phi) is 7.06. The van der Waals surface area contributed by atoms with Gasteiger partial charge in [-0.3, -0.25) is 9.36 Å². The summed E-state index contributed by atoms with van der Waals surface area (Å²) < 4.78 is 39.0. The molecule has 174 valence electrons. The predicted molar refractivity (Wildman–Crippen MR) is 128 cm³/mol. The summed E-state index contributed by atoms with van der Waals surface area (Å²) in [5, 5.41) is 16.6. The Morgan fingerprint density at radius 2 is 1.65 bits per heavy atom. The Labute approximate surface area is 200 Å². The quantitative estimate of drug-likeness (QED) is 0.360. The highest BCUT2D eigenvalue weighted by Gasteiger charge is 2.18. The first kappa shape index (κ1) is 23.6. The van der Waals surface area contributed by atoms with Crippen molar-refractivity contribution in [3.8, 4) is 11.4 Å². The second kappa shape index (κ2) is 10.2. The van der Waals surface area contributed by atoms with Crippen LogP contribution in [-0.2, 0) is 21.4 Å². The normalized spacial score (nSPS) is 11.4. The van der Waals surface area contributed by atoms with Crippen LogP contribution in [0.25, 0.3) is 11.4 Å². The van der Waals surface area contributed by atoms with Crippen molar-refractivity contribution in [1.82, 2.24) is 14.8 Å². The third-order valence-corrected chi connectivity index (χ3v) is 6.71. The smallest absolute Gasteiger partial charge is 0.238 e. The Bertz CT molecular complexity index is 1410. The summed E-state index contributed by atoms with van der Waals surface area (Å²) in [6.45, 7) is 0.399. The maximum absolute atomic E-state index is 14.5. The van der Waals surface area contributed by atoms with Gasteiger partial charge in [0.2, 0.25) is 15.9 Å². The zero-order valence-corrected chi connectivity index (χ0v) is 19.4. The van der Waals surface area contributed by atoms with Crippen LogP contribution < -0.4 is 10.5 Å². The Morgan fingerprint density at radius 1 is 0.971 bits per heavy atom. The van der Waals surface area contributed by atoms with Gasteiger partial charge >= 0.3 is 0 Å². The zero-order chi connectivity index (χ0) is 24.1.